The van der Waals surface area contributed by atoms with Gasteiger partial charge >= 0.3 is 6.03 Å². The van der Waals surface area contributed by atoms with E-state index in [9.17, 15) is 4.79 Å². The number of hydrogen-bond donors (Lipinski definition) is 2. The zero-order chi connectivity index (χ0) is 21.3. The third kappa shape index (κ3) is 4.32. The molecule has 1 aliphatic rings. The Labute approximate surface area is 183 Å². The van der Waals surface area contributed by atoms with Gasteiger partial charge in [-0.05, 0) is 43.7 Å². The SMILES string of the molecule is Cc1nn(Cc2ccc(Cl)cc2Cl)c(C)c1NC(=O)Nc1ccc2c(c1)OCCO2. The van der Waals surface area contributed by atoms with Crippen LogP contribution >= 0.6 is 23.2 Å². The molecule has 2 aromatic carbocycles. The fourth-order valence-corrected chi connectivity index (χ4v) is 3.71. The van der Waals surface area contributed by atoms with E-state index in [0.29, 0.717) is 58.4 Å². The van der Waals surface area contributed by atoms with Gasteiger partial charge in [0, 0.05) is 21.8 Å². The van der Waals surface area contributed by atoms with Crippen LogP contribution in [0, 0.1) is 13.8 Å². The fraction of sp³-hybridized carbons (Fsp3) is 0.238. The number of rotatable bonds is 4. The summed E-state index contributed by atoms with van der Waals surface area (Å²) >= 11 is 12.2. The molecule has 2 N–H and O–H groups in total. The molecule has 2 amide bonds. The lowest BCUT2D eigenvalue weighted by Gasteiger charge is -2.19. The first-order chi connectivity index (χ1) is 14.4. The first kappa shape index (κ1) is 20.4. The monoisotopic (exact) mass is 446 g/mol. The van der Waals surface area contributed by atoms with E-state index in [2.05, 4.69) is 15.7 Å². The summed E-state index contributed by atoms with van der Waals surface area (Å²) in [6, 6.07) is 10.2. The van der Waals surface area contributed by atoms with Crippen molar-refractivity contribution in [2.24, 2.45) is 0 Å². The van der Waals surface area contributed by atoms with Crippen LogP contribution in [0.15, 0.2) is 36.4 Å². The minimum atomic E-state index is -0.373. The molecule has 0 saturated heterocycles. The molecule has 0 aliphatic carbocycles. The van der Waals surface area contributed by atoms with Crippen LogP contribution in [-0.2, 0) is 6.54 Å². The van der Waals surface area contributed by atoms with Crippen LogP contribution in [0.1, 0.15) is 17.0 Å². The zero-order valence-electron chi connectivity index (χ0n) is 16.5. The molecular weight excluding hydrogens is 427 g/mol. The molecule has 9 heteroatoms. The molecule has 0 spiro atoms. The van der Waals surface area contributed by atoms with Gasteiger partial charge < -0.3 is 20.1 Å². The van der Waals surface area contributed by atoms with Crippen LogP contribution in [0.4, 0.5) is 16.2 Å². The molecule has 0 saturated carbocycles. The average molecular weight is 447 g/mol. The van der Waals surface area contributed by atoms with Crippen molar-refractivity contribution in [1.82, 2.24) is 9.78 Å². The van der Waals surface area contributed by atoms with Crippen LogP contribution in [-0.4, -0.2) is 29.0 Å². The van der Waals surface area contributed by atoms with Crippen LogP contribution < -0.4 is 20.1 Å². The first-order valence-corrected chi connectivity index (χ1v) is 10.1. The number of nitrogens with zero attached hydrogens (tertiary/aromatic N) is 2. The number of aryl methyl sites for hydroxylation is 1. The maximum atomic E-state index is 12.5. The van der Waals surface area contributed by atoms with Crippen LogP contribution in [0.3, 0.4) is 0 Å². The fourth-order valence-electron chi connectivity index (χ4n) is 3.24. The highest BCUT2D eigenvalue weighted by Crippen LogP contribution is 2.32. The van der Waals surface area contributed by atoms with Gasteiger partial charge in [0.2, 0.25) is 0 Å². The molecule has 0 bridgehead atoms. The van der Waals surface area contributed by atoms with Gasteiger partial charge in [-0.15, -0.1) is 0 Å². The second kappa shape index (κ2) is 8.45. The number of carbonyl (C=O) groups excluding carboxylic acids is 1. The third-order valence-corrected chi connectivity index (χ3v) is 5.34. The largest absolute Gasteiger partial charge is 0.486 e. The quantitative estimate of drug-likeness (QED) is 0.571. The lowest BCUT2D eigenvalue weighted by atomic mass is 10.2. The van der Waals surface area contributed by atoms with Crippen molar-refractivity contribution >= 4 is 40.6 Å². The number of amides is 2. The highest BCUT2D eigenvalue weighted by Gasteiger charge is 2.17. The van der Waals surface area contributed by atoms with E-state index in [4.69, 9.17) is 32.7 Å². The van der Waals surface area contributed by atoms with Crippen molar-refractivity contribution in [2.75, 3.05) is 23.8 Å². The van der Waals surface area contributed by atoms with Gasteiger partial charge in [-0.3, -0.25) is 4.68 Å². The number of benzene rings is 2. The number of aromatic nitrogens is 2. The first-order valence-electron chi connectivity index (χ1n) is 9.36. The summed E-state index contributed by atoms with van der Waals surface area (Å²) in [7, 11) is 0. The molecule has 30 heavy (non-hydrogen) atoms. The number of urea groups is 1. The Bertz CT molecular complexity index is 1110. The molecule has 1 aromatic heterocycles. The van der Waals surface area contributed by atoms with Crippen LogP contribution in [0.2, 0.25) is 10.0 Å². The van der Waals surface area contributed by atoms with Crippen molar-refractivity contribution in [2.45, 2.75) is 20.4 Å². The topological polar surface area (TPSA) is 77.4 Å². The Hall–Kier alpha value is -2.90. The van der Waals surface area contributed by atoms with Gasteiger partial charge in [-0.25, -0.2) is 4.79 Å². The normalized spacial score (nSPS) is 12.5. The number of nitrogens with one attached hydrogen (secondary N) is 2. The predicted octanol–water partition coefficient (Wildman–Crippen LogP) is 5.27. The Morgan fingerprint density at radius 1 is 1.07 bits per heavy atom. The molecule has 3 aromatic rings. The lowest BCUT2D eigenvalue weighted by molar-refractivity contribution is 0.171. The Balaban J connectivity index is 1.47. The summed E-state index contributed by atoms with van der Waals surface area (Å²) in [6.07, 6.45) is 0. The van der Waals surface area contributed by atoms with Crippen molar-refractivity contribution in [3.8, 4) is 11.5 Å². The molecule has 2 heterocycles. The molecule has 0 atom stereocenters. The van der Waals surface area contributed by atoms with Crippen molar-refractivity contribution in [3.63, 3.8) is 0 Å². The highest BCUT2D eigenvalue weighted by atomic mass is 35.5. The summed E-state index contributed by atoms with van der Waals surface area (Å²) in [5, 5.41) is 11.4. The summed E-state index contributed by atoms with van der Waals surface area (Å²) < 4.78 is 12.8. The molecule has 4 rings (SSSR count). The minimum Gasteiger partial charge on any atom is -0.486 e. The Morgan fingerprint density at radius 2 is 1.83 bits per heavy atom. The summed E-state index contributed by atoms with van der Waals surface area (Å²) in [4.78, 5) is 12.5. The molecular formula is C21H20Cl2N4O3. The maximum absolute atomic E-state index is 12.5. The van der Waals surface area contributed by atoms with E-state index in [0.717, 1.165) is 11.3 Å². The van der Waals surface area contributed by atoms with Gasteiger partial charge in [0.05, 0.1) is 23.6 Å². The van der Waals surface area contributed by atoms with E-state index in [1.807, 2.05) is 19.9 Å². The summed E-state index contributed by atoms with van der Waals surface area (Å²) in [5.41, 5.74) is 3.66. The second-order valence-electron chi connectivity index (χ2n) is 6.88. The molecule has 0 radical (unpaired) electrons. The van der Waals surface area contributed by atoms with Crippen molar-refractivity contribution in [3.05, 3.63) is 63.4 Å². The van der Waals surface area contributed by atoms with Gasteiger partial charge in [0.25, 0.3) is 0 Å². The molecule has 156 valence electrons. The van der Waals surface area contributed by atoms with Gasteiger partial charge in [0.15, 0.2) is 11.5 Å². The Morgan fingerprint density at radius 3 is 2.60 bits per heavy atom. The van der Waals surface area contributed by atoms with E-state index in [1.54, 1.807) is 35.0 Å². The van der Waals surface area contributed by atoms with E-state index >= 15 is 0 Å². The summed E-state index contributed by atoms with van der Waals surface area (Å²) in [5.74, 6) is 1.28. The highest BCUT2D eigenvalue weighted by molar-refractivity contribution is 6.35. The average Bonchev–Trinajstić information content (AvgIpc) is 2.97. The van der Waals surface area contributed by atoms with E-state index in [1.165, 1.54) is 0 Å². The van der Waals surface area contributed by atoms with Crippen molar-refractivity contribution < 1.29 is 14.3 Å². The lowest BCUT2D eigenvalue weighted by Crippen LogP contribution is -2.21. The molecule has 0 unspecified atom stereocenters. The number of fused-ring (bicyclic) bond motifs is 1. The minimum absolute atomic E-state index is 0.373. The van der Waals surface area contributed by atoms with Crippen LogP contribution in [0.25, 0.3) is 0 Å². The number of hydrogen-bond acceptors (Lipinski definition) is 4. The van der Waals surface area contributed by atoms with Crippen LogP contribution in [0.5, 0.6) is 11.5 Å². The zero-order valence-corrected chi connectivity index (χ0v) is 18.0. The number of ether oxygens (including phenoxy) is 2. The standard InChI is InChI=1S/C21H20Cl2N4O3/c1-12-20(13(2)27(26-12)11-14-3-4-15(22)9-17(14)23)25-21(28)24-16-5-6-18-19(10-16)30-8-7-29-18/h3-6,9-10H,7-8,11H2,1-2H3,(H2,24,25,28). The number of anilines is 2. The Kier molecular flexibility index (Phi) is 5.74. The van der Waals surface area contributed by atoms with Gasteiger partial charge in [-0.1, -0.05) is 29.3 Å². The maximum Gasteiger partial charge on any atom is 0.323 e. The second-order valence-corrected chi connectivity index (χ2v) is 7.72. The van der Waals surface area contributed by atoms with Gasteiger partial charge in [-0.2, -0.15) is 5.10 Å². The smallest absolute Gasteiger partial charge is 0.323 e. The number of carbonyl (C=O) groups is 1. The molecule has 1 aliphatic heterocycles. The molecule has 0 fully saturated rings. The van der Waals surface area contributed by atoms with Crippen molar-refractivity contribution in [1.29, 1.82) is 0 Å². The van der Waals surface area contributed by atoms with Gasteiger partial charge in [0.1, 0.15) is 13.2 Å². The molecule has 7 nitrogen and oxygen atoms in total. The number of halogens is 2. The summed E-state index contributed by atoms with van der Waals surface area (Å²) in [6.45, 7) is 5.20. The predicted molar refractivity (Wildman–Crippen MR) is 117 cm³/mol. The van der Waals surface area contributed by atoms with E-state index in [-0.39, 0.29) is 6.03 Å². The third-order valence-electron chi connectivity index (χ3n) is 4.76. The van der Waals surface area contributed by atoms with E-state index < -0.39 is 0 Å².